The summed E-state index contributed by atoms with van der Waals surface area (Å²) in [4.78, 5) is 10.6. The van der Waals surface area contributed by atoms with Crippen LogP contribution in [-0.4, -0.2) is 43.7 Å². The molecule has 0 amide bonds. The zero-order valence-corrected chi connectivity index (χ0v) is 18.4. The van der Waals surface area contributed by atoms with Crippen molar-refractivity contribution in [3.05, 3.63) is 60.0 Å². The summed E-state index contributed by atoms with van der Waals surface area (Å²) in [6.07, 6.45) is 4.98. The van der Waals surface area contributed by atoms with E-state index in [1.54, 1.807) is 19.3 Å². The summed E-state index contributed by atoms with van der Waals surface area (Å²) in [5.41, 5.74) is 1.63. The van der Waals surface area contributed by atoms with Crippen molar-refractivity contribution in [3.8, 4) is 0 Å². The van der Waals surface area contributed by atoms with Gasteiger partial charge in [0.15, 0.2) is 17.6 Å². The van der Waals surface area contributed by atoms with Crippen molar-refractivity contribution in [2.75, 3.05) is 31.6 Å². The molecule has 1 atom stereocenters. The molecular weight excluding hydrogens is 468 g/mol. The number of aliphatic imine (C=N–C) groups is 1. The molecule has 28 heavy (non-hydrogen) atoms. The SMILES string of the molecule is CN=C(NCC1(c2ccccc2)CC1)NC1CCN(c2ncccc2F)C1.I. The zero-order chi connectivity index (χ0) is 18.7. The highest BCUT2D eigenvalue weighted by Gasteiger charge is 2.44. The van der Waals surface area contributed by atoms with Gasteiger partial charge in [0.25, 0.3) is 0 Å². The maximum Gasteiger partial charge on any atom is 0.191 e. The number of nitrogens with one attached hydrogen (secondary N) is 2. The maximum atomic E-state index is 14.0. The quantitative estimate of drug-likeness (QED) is 0.380. The predicted molar refractivity (Wildman–Crippen MR) is 122 cm³/mol. The molecule has 4 rings (SSSR count). The molecule has 2 aliphatic rings. The fraction of sp³-hybridized carbons (Fsp3) is 0.429. The molecule has 150 valence electrons. The van der Waals surface area contributed by atoms with Crippen LogP contribution < -0.4 is 15.5 Å². The van der Waals surface area contributed by atoms with Crippen LogP contribution in [0.25, 0.3) is 0 Å². The van der Waals surface area contributed by atoms with E-state index in [1.165, 1.54) is 24.5 Å². The summed E-state index contributed by atoms with van der Waals surface area (Å²) in [5.74, 6) is 0.982. The summed E-state index contributed by atoms with van der Waals surface area (Å²) in [7, 11) is 1.79. The van der Waals surface area contributed by atoms with Crippen LogP contribution in [0, 0.1) is 5.82 Å². The summed E-state index contributed by atoms with van der Waals surface area (Å²) in [5, 5.41) is 6.98. The first-order valence-electron chi connectivity index (χ1n) is 9.58. The minimum Gasteiger partial charge on any atom is -0.356 e. The van der Waals surface area contributed by atoms with Crippen LogP contribution in [0.15, 0.2) is 53.7 Å². The van der Waals surface area contributed by atoms with E-state index < -0.39 is 0 Å². The highest BCUT2D eigenvalue weighted by molar-refractivity contribution is 14.0. The monoisotopic (exact) mass is 495 g/mol. The molecule has 2 fully saturated rings. The third kappa shape index (κ3) is 4.56. The Kier molecular flexibility index (Phi) is 6.74. The van der Waals surface area contributed by atoms with Crippen molar-refractivity contribution >= 4 is 35.8 Å². The van der Waals surface area contributed by atoms with Crippen LogP contribution in [0.4, 0.5) is 10.2 Å². The Morgan fingerprint density at radius 2 is 2.04 bits per heavy atom. The van der Waals surface area contributed by atoms with Gasteiger partial charge in [-0.3, -0.25) is 4.99 Å². The van der Waals surface area contributed by atoms with Gasteiger partial charge < -0.3 is 15.5 Å². The van der Waals surface area contributed by atoms with Crippen molar-refractivity contribution in [2.45, 2.75) is 30.7 Å². The number of aromatic nitrogens is 1. The maximum absolute atomic E-state index is 14.0. The van der Waals surface area contributed by atoms with E-state index in [0.29, 0.717) is 5.82 Å². The average molecular weight is 495 g/mol. The first-order valence-corrected chi connectivity index (χ1v) is 9.58. The summed E-state index contributed by atoms with van der Waals surface area (Å²) in [6, 6.07) is 14.0. The molecule has 1 aliphatic carbocycles. The molecule has 2 N–H and O–H groups in total. The molecule has 0 spiro atoms. The van der Waals surface area contributed by atoms with E-state index in [4.69, 9.17) is 0 Å². The fourth-order valence-electron chi connectivity index (χ4n) is 3.83. The lowest BCUT2D eigenvalue weighted by molar-refractivity contribution is 0.606. The van der Waals surface area contributed by atoms with Gasteiger partial charge >= 0.3 is 0 Å². The van der Waals surface area contributed by atoms with Crippen molar-refractivity contribution < 1.29 is 4.39 Å². The van der Waals surface area contributed by atoms with Crippen LogP contribution in [0.5, 0.6) is 0 Å². The summed E-state index contributed by atoms with van der Waals surface area (Å²) in [6.45, 7) is 2.39. The van der Waals surface area contributed by atoms with Gasteiger partial charge in [0.05, 0.1) is 0 Å². The molecule has 0 bridgehead atoms. The topological polar surface area (TPSA) is 52.6 Å². The van der Waals surface area contributed by atoms with Crippen LogP contribution in [0.2, 0.25) is 0 Å². The molecule has 0 radical (unpaired) electrons. The third-order valence-corrected chi connectivity index (χ3v) is 5.63. The van der Waals surface area contributed by atoms with E-state index in [-0.39, 0.29) is 41.3 Å². The number of pyridine rings is 1. The Morgan fingerprint density at radius 3 is 2.71 bits per heavy atom. The molecule has 1 unspecified atom stereocenters. The smallest absolute Gasteiger partial charge is 0.191 e. The average Bonchev–Trinajstić information content (AvgIpc) is 3.37. The Labute approximate surface area is 182 Å². The first-order chi connectivity index (χ1) is 13.2. The first kappa shape index (κ1) is 20.8. The van der Waals surface area contributed by atoms with Gasteiger partial charge in [-0.15, -0.1) is 24.0 Å². The molecule has 5 nitrogen and oxygen atoms in total. The lowest BCUT2D eigenvalue weighted by Crippen LogP contribution is -2.46. The van der Waals surface area contributed by atoms with Gasteiger partial charge in [-0.2, -0.15) is 0 Å². The van der Waals surface area contributed by atoms with Gasteiger partial charge in [-0.1, -0.05) is 30.3 Å². The Hall–Kier alpha value is -1.90. The fourth-order valence-corrected chi connectivity index (χ4v) is 3.83. The van der Waals surface area contributed by atoms with Gasteiger partial charge in [0.1, 0.15) is 0 Å². The summed E-state index contributed by atoms with van der Waals surface area (Å²) < 4.78 is 14.0. The number of benzene rings is 1. The minimum absolute atomic E-state index is 0. The number of anilines is 1. The third-order valence-electron chi connectivity index (χ3n) is 5.63. The Balaban J connectivity index is 0.00000225. The number of hydrogen-bond acceptors (Lipinski definition) is 3. The van der Waals surface area contributed by atoms with Crippen LogP contribution in [0.3, 0.4) is 0 Å². The molecule has 1 saturated heterocycles. The van der Waals surface area contributed by atoms with Crippen LogP contribution in [0.1, 0.15) is 24.8 Å². The minimum atomic E-state index is -0.265. The van der Waals surface area contributed by atoms with Gasteiger partial charge in [0.2, 0.25) is 0 Å². The van der Waals surface area contributed by atoms with Gasteiger partial charge in [0, 0.05) is 44.3 Å². The highest BCUT2D eigenvalue weighted by Crippen LogP contribution is 2.47. The lowest BCUT2D eigenvalue weighted by atomic mass is 9.96. The number of rotatable bonds is 5. The largest absolute Gasteiger partial charge is 0.356 e. The lowest BCUT2D eigenvalue weighted by Gasteiger charge is -2.22. The molecular formula is C21H27FIN5. The predicted octanol–water partition coefficient (Wildman–Crippen LogP) is 3.31. The number of nitrogens with zero attached hydrogens (tertiary/aromatic N) is 3. The standard InChI is InChI=1S/C21H26FN5.HI/c1-23-20(25-15-21(10-11-21)16-6-3-2-4-7-16)26-17-9-13-27(14-17)19-18(22)8-5-12-24-19;/h2-8,12,17H,9-11,13-15H2,1H3,(H2,23,25,26);1H. The van der Waals surface area contributed by atoms with Gasteiger partial charge in [-0.05, 0) is 37.0 Å². The highest BCUT2D eigenvalue weighted by atomic mass is 127. The second-order valence-corrected chi connectivity index (χ2v) is 7.46. The number of guanidine groups is 1. The van der Waals surface area contributed by atoms with Crippen LogP contribution >= 0.6 is 24.0 Å². The number of halogens is 2. The second-order valence-electron chi connectivity index (χ2n) is 7.46. The van der Waals surface area contributed by atoms with E-state index in [0.717, 1.165) is 32.0 Å². The van der Waals surface area contributed by atoms with Gasteiger partial charge in [-0.25, -0.2) is 9.37 Å². The molecule has 1 aliphatic heterocycles. The Morgan fingerprint density at radius 1 is 1.25 bits per heavy atom. The second kappa shape index (κ2) is 9.07. The molecule has 2 aromatic rings. The van der Waals surface area contributed by atoms with Crippen molar-refractivity contribution in [3.63, 3.8) is 0 Å². The summed E-state index contributed by atoms with van der Waals surface area (Å²) >= 11 is 0. The molecule has 1 aromatic carbocycles. The van der Waals surface area contributed by atoms with Crippen LogP contribution in [-0.2, 0) is 5.41 Å². The van der Waals surface area contributed by atoms with E-state index in [1.807, 2.05) is 4.90 Å². The van der Waals surface area contributed by atoms with Crippen molar-refractivity contribution in [1.82, 2.24) is 15.6 Å². The normalized spacial score (nSPS) is 20.4. The molecule has 1 aromatic heterocycles. The Bertz CT molecular complexity index is 809. The van der Waals surface area contributed by atoms with E-state index >= 15 is 0 Å². The van der Waals surface area contributed by atoms with E-state index in [2.05, 4.69) is 50.9 Å². The zero-order valence-electron chi connectivity index (χ0n) is 16.1. The molecule has 2 heterocycles. The molecule has 7 heteroatoms. The molecule has 1 saturated carbocycles. The van der Waals surface area contributed by atoms with Crippen molar-refractivity contribution in [1.29, 1.82) is 0 Å². The number of hydrogen-bond donors (Lipinski definition) is 2. The van der Waals surface area contributed by atoms with Crippen molar-refractivity contribution in [2.24, 2.45) is 4.99 Å². The van der Waals surface area contributed by atoms with E-state index in [9.17, 15) is 4.39 Å².